The van der Waals surface area contributed by atoms with Crippen LogP contribution in [0.15, 0.2) is 95.5 Å². The average Bonchev–Trinajstić information content (AvgIpc) is 3.83. The van der Waals surface area contributed by atoms with Gasteiger partial charge in [0.05, 0.1) is 34.3 Å². The lowest BCUT2D eigenvalue weighted by molar-refractivity contribution is -0.124. The lowest BCUT2D eigenvalue weighted by Gasteiger charge is -2.37. The number of allylic oxidation sites excluding steroid dienone is 2. The zero-order chi connectivity index (χ0) is 30.3. The fraction of sp³-hybridized carbons (Fsp3) is 0.250. The molecule has 7 nitrogen and oxygen atoms in total. The van der Waals surface area contributed by atoms with Crippen LogP contribution >= 0.6 is 15.9 Å². The first-order valence-electron chi connectivity index (χ1n) is 14.9. The predicted molar refractivity (Wildman–Crippen MR) is 168 cm³/mol. The molecule has 4 aromatic rings. The summed E-state index contributed by atoms with van der Waals surface area (Å²) in [6, 6.07) is 23.0. The minimum atomic E-state index is -0.987. The third kappa shape index (κ3) is 4.19. The van der Waals surface area contributed by atoms with Crippen LogP contribution in [0, 0.1) is 35.5 Å². The fourth-order valence-electron chi connectivity index (χ4n) is 7.62. The number of hydrogen-bond donors (Lipinski definition) is 0. The molecule has 7 atom stereocenters. The van der Waals surface area contributed by atoms with E-state index in [-0.39, 0.29) is 46.8 Å². The van der Waals surface area contributed by atoms with E-state index in [1.54, 1.807) is 55.5 Å². The van der Waals surface area contributed by atoms with Crippen molar-refractivity contribution in [3.05, 3.63) is 107 Å². The number of carbonyl (C=O) groups excluding carboxylic acids is 4. The normalized spacial score (nSPS) is 26.8. The van der Waals surface area contributed by atoms with Crippen molar-refractivity contribution in [3.8, 4) is 11.3 Å². The van der Waals surface area contributed by atoms with Crippen molar-refractivity contribution < 1.29 is 23.9 Å². The van der Waals surface area contributed by atoms with Gasteiger partial charge in [-0.25, -0.2) is 9.78 Å². The van der Waals surface area contributed by atoms with Crippen LogP contribution in [-0.2, 0) is 14.3 Å². The number of rotatable bonds is 6. The minimum absolute atomic E-state index is 0.101. The van der Waals surface area contributed by atoms with Crippen molar-refractivity contribution in [2.24, 2.45) is 35.5 Å². The van der Waals surface area contributed by atoms with Gasteiger partial charge in [0.15, 0.2) is 6.10 Å². The summed E-state index contributed by atoms with van der Waals surface area (Å²) in [6.07, 6.45) is 4.47. The van der Waals surface area contributed by atoms with Crippen LogP contribution in [0.25, 0.3) is 22.2 Å². The molecule has 9 rings (SSSR count). The summed E-state index contributed by atoms with van der Waals surface area (Å²) in [4.78, 5) is 59.7. The molecule has 44 heavy (non-hydrogen) atoms. The minimum Gasteiger partial charge on any atom is -0.451 e. The highest BCUT2D eigenvalue weighted by molar-refractivity contribution is 9.10. The Hall–Kier alpha value is -4.43. The van der Waals surface area contributed by atoms with Gasteiger partial charge >= 0.3 is 5.97 Å². The monoisotopic (exact) mass is 646 g/mol. The largest absolute Gasteiger partial charge is 0.451 e. The summed E-state index contributed by atoms with van der Waals surface area (Å²) in [7, 11) is 0. The van der Waals surface area contributed by atoms with Gasteiger partial charge < -0.3 is 4.74 Å². The maximum atomic E-state index is 13.6. The van der Waals surface area contributed by atoms with E-state index in [0.717, 1.165) is 10.9 Å². The van der Waals surface area contributed by atoms with E-state index in [9.17, 15) is 19.2 Å². The molecule has 1 saturated heterocycles. The number of nitrogens with zero attached hydrogens (tertiary/aromatic N) is 2. The van der Waals surface area contributed by atoms with Crippen LogP contribution in [0.3, 0.4) is 0 Å². The Morgan fingerprint density at radius 1 is 0.886 bits per heavy atom. The Labute approximate surface area is 262 Å². The quantitative estimate of drug-likeness (QED) is 0.101. The number of carbonyl (C=O) groups is 4. The molecule has 2 saturated carbocycles. The van der Waals surface area contributed by atoms with E-state index < -0.39 is 12.1 Å². The number of amides is 2. The van der Waals surface area contributed by atoms with Crippen molar-refractivity contribution in [3.63, 3.8) is 0 Å². The molecular formula is C36H27BrN2O5. The molecular weight excluding hydrogens is 620 g/mol. The van der Waals surface area contributed by atoms with Gasteiger partial charge in [-0.15, -0.1) is 0 Å². The second kappa shape index (κ2) is 10.1. The van der Waals surface area contributed by atoms with Crippen LogP contribution in [0.4, 0.5) is 5.69 Å². The number of hydrogen-bond acceptors (Lipinski definition) is 6. The van der Waals surface area contributed by atoms with E-state index in [2.05, 4.69) is 28.1 Å². The Balaban J connectivity index is 1.09. The molecule has 2 bridgehead atoms. The SMILES string of the molecule is CC(OC(=O)c1cc(-c2ccc(N3C(=O)C4C5C=CC(C6CC56)C4C3=O)cc2)nc2ccc(Br)cc12)C(=O)c1ccccc1. The molecule has 5 aliphatic rings. The molecule has 1 aromatic heterocycles. The number of imide groups is 1. The standard InChI is InChI=1S/C36H27BrN2O5/c1-18(33(40)20-5-3-2-4-6-20)44-36(43)28-17-30(38-29-14-9-21(37)15-27(28)29)19-7-10-22(11-8-19)39-34(41)31-23-12-13-24(26-16-25(23)26)32(31)35(39)42/h2-15,17-18,23-26,31-32H,16H2,1H3. The molecule has 3 aromatic carbocycles. The number of fused-ring (bicyclic) bond motifs is 1. The third-order valence-electron chi connectivity index (χ3n) is 9.79. The Kier molecular flexibility index (Phi) is 6.20. The molecule has 0 N–H and O–H groups in total. The highest BCUT2D eigenvalue weighted by atomic mass is 79.9. The Bertz CT molecular complexity index is 1880. The zero-order valence-corrected chi connectivity index (χ0v) is 25.3. The molecule has 0 spiro atoms. The Morgan fingerprint density at radius 3 is 2.20 bits per heavy atom. The van der Waals surface area contributed by atoms with Gasteiger partial charge in [-0.3, -0.25) is 19.3 Å². The molecule has 2 heterocycles. The number of Topliss-reactive ketones (excluding diaryl/α,β-unsaturated/α-hetero) is 1. The van der Waals surface area contributed by atoms with Gasteiger partial charge in [0, 0.05) is 21.0 Å². The van der Waals surface area contributed by atoms with Gasteiger partial charge in [-0.2, -0.15) is 0 Å². The van der Waals surface area contributed by atoms with Crippen LogP contribution in [0.2, 0.25) is 0 Å². The summed E-state index contributed by atoms with van der Waals surface area (Å²) in [6.45, 7) is 1.56. The number of aromatic nitrogens is 1. The molecule has 4 aliphatic carbocycles. The highest BCUT2D eigenvalue weighted by Crippen LogP contribution is 2.65. The van der Waals surface area contributed by atoms with Crippen LogP contribution in [0.1, 0.15) is 34.1 Å². The number of esters is 1. The number of ether oxygens (including phenoxy) is 1. The zero-order valence-electron chi connectivity index (χ0n) is 23.7. The predicted octanol–water partition coefficient (Wildman–Crippen LogP) is 6.65. The van der Waals surface area contributed by atoms with E-state index in [0.29, 0.717) is 45.2 Å². The van der Waals surface area contributed by atoms with Crippen molar-refractivity contribution in [1.82, 2.24) is 4.98 Å². The number of pyridine rings is 1. The molecule has 2 amide bonds. The van der Waals surface area contributed by atoms with Gasteiger partial charge in [0.2, 0.25) is 17.6 Å². The van der Waals surface area contributed by atoms with E-state index in [4.69, 9.17) is 9.72 Å². The summed E-state index contributed by atoms with van der Waals surface area (Å²) in [5.41, 5.74) is 3.10. The second-order valence-corrected chi connectivity index (χ2v) is 13.1. The van der Waals surface area contributed by atoms with Gasteiger partial charge in [0.25, 0.3) is 0 Å². The van der Waals surface area contributed by atoms with Crippen molar-refractivity contribution in [2.45, 2.75) is 19.4 Å². The topological polar surface area (TPSA) is 93.6 Å². The highest BCUT2D eigenvalue weighted by Gasteiger charge is 2.67. The second-order valence-electron chi connectivity index (χ2n) is 12.2. The van der Waals surface area contributed by atoms with Crippen molar-refractivity contribution >= 4 is 56.1 Å². The molecule has 1 aliphatic heterocycles. The summed E-state index contributed by atoms with van der Waals surface area (Å²) < 4.78 is 6.43. The van der Waals surface area contributed by atoms with Crippen LogP contribution in [0.5, 0.6) is 0 Å². The average molecular weight is 648 g/mol. The lowest BCUT2D eigenvalue weighted by atomic mass is 9.63. The van der Waals surface area contributed by atoms with Crippen molar-refractivity contribution in [1.29, 1.82) is 0 Å². The number of anilines is 1. The summed E-state index contributed by atoms with van der Waals surface area (Å²) in [5, 5.41) is 0.584. The van der Waals surface area contributed by atoms with E-state index in [1.807, 2.05) is 30.3 Å². The molecule has 7 unspecified atom stereocenters. The van der Waals surface area contributed by atoms with E-state index in [1.165, 1.54) is 4.90 Å². The number of halogens is 1. The van der Waals surface area contributed by atoms with Gasteiger partial charge in [-0.1, -0.05) is 70.5 Å². The molecule has 8 heteroatoms. The number of ketones is 1. The van der Waals surface area contributed by atoms with Gasteiger partial charge in [0.1, 0.15) is 0 Å². The van der Waals surface area contributed by atoms with Crippen LogP contribution in [-0.4, -0.2) is 34.7 Å². The molecule has 218 valence electrons. The van der Waals surface area contributed by atoms with Crippen LogP contribution < -0.4 is 4.90 Å². The Morgan fingerprint density at radius 2 is 1.55 bits per heavy atom. The summed E-state index contributed by atoms with van der Waals surface area (Å²) in [5.74, 6) is -0.215. The fourth-order valence-corrected chi connectivity index (χ4v) is 7.98. The lowest BCUT2D eigenvalue weighted by Crippen LogP contribution is -2.40. The van der Waals surface area contributed by atoms with Crippen molar-refractivity contribution in [2.75, 3.05) is 4.90 Å². The third-order valence-corrected chi connectivity index (χ3v) is 10.3. The molecule has 0 radical (unpaired) electrons. The first kappa shape index (κ1) is 27.1. The smallest absolute Gasteiger partial charge is 0.339 e. The number of benzene rings is 3. The first-order valence-corrected chi connectivity index (χ1v) is 15.7. The maximum Gasteiger partial charge on any atom is 0.339 e. The first-order chi connectivity index (χ1) is 21.3. The maximum absolute atomic E-state index is 13.6. The van der Waals surface area contributed by atoms with Gasteiger partial charge in [-0.05, 0) is 73.4 Å². The van der Waals surface area contributed by atoms with E-state index >= 15 is 0 Å². The molecule has 3 fully saturated rings. The summed E-state index contributed by atoms with van der Waals surface area (Å²) >= 11 is 3.48.